The quantitative estimate of drug-likeness (QED) is 0.880. The van der Waals surface area contributed by atoms with E-state index in [1.54, 1.807) is 0 Å². The first kappa shape index (κ1) is 14.5. The first-order valence-electron chi connectivity index (χ1n) is 6.13. The highest BCUT2D eigenvalue weighted by Crippen LogP contribution is 2.26. The maximum Gasteiger partial charge on any atom is 0.323 e. The highest BCUT2D eigenvalue weighted by Gasteiger charge is 2.26. The van der Waals surface area contributed by atoms with E-state index in [1.165, 1.54) is 0 Å². The summed E-state index contributed by atoms with van der Waals surface area (Å²) in [6.07, 6.45) is 0. The van der Waals surface area contributed by atoms with E-state index in [-0.39, 0.29) is 23.4 Å². The van der Waals surface area contributed by atoms with Crippen LogP contribution in [0.15, 0.2) is 0 Å². The van der Waals surface area contributed by atoms with Gasteiger partial charge in [-0.05, 0) is 19.3 Å². The van der Waals surface area contributed by atoms with Crippen molar-refractivity contribution < 1.29 is 4.74 Å². The fourth-order valence-electron chi connectivity index (χ4n) is 1.47. The number of nitrogens with two attached hydrogens (primary N) is 1. The summed E-state index contributed by atoms with van der Waals surface area (Å²) in [4.78, 5) is 14.3. The second-order valence-corrected chi connectivity index (χ2v) is 5.36. The Morgan fingerprint density at radius 1 is 1.28 bits per heavy atom. The minimum Gasteiger partial charge on any atom is -0.464 e. The number of ether oxygens (including phenoxy) is 1. The predicted molar refractivity (Wildman–Crippen MR) is 72.7 cm³/mol. The van der Waals surface area contributed by atoms with Crippen molar-refractivity contribution >= 4 is 11.9 Å². The molecule has 0 saturated carbocycles. The summed E-state index contributed by atoms with van der Waals surface area (Å²) in [5.41, 5.74) is 5.78. The summed E-state index contributed by atoms with van der Waals surface area (Å²) in [6, 6.07) is 0.529. The molecule has 0 aliphatic carbocycles. The Balaban J connectivity index is 3.01. The monoisotopic (exact) mass is 253 g/mol. The van der Waals surface area contributed by atoms with Gasteiger partial charge in [0.05, 0.1) is 6.61 Å². The van der Waals surface area contributed by atoms with E-state index >= 15 is 0 Å². The molecule has 2 N–H and O–H groups in total. The second-order valence-electron chi connectivity index (χ2n) is 5.36. The largest absolute Gasteiger partial charge is 0.464 e. The summed E-state index contributed by atoms with van der Waals surface area (Å²) in [6.45, 7) is 11.0. The van der Waals surface area contributed by atoms with Crippen LogP contribution in [0.1, 0.15) is 34.6 Å². The van der Waals surface area contributed by atoms with E-state index in [0.717, 1.165) is 0 Å². The third-order valence-corrected chi connectivity index (χ3v) is 3.04. The summed E-state index contributed by atoms with van der Waals surface area (Å²) in [5, 5.41) is 0. The molecule has 6 nitrogen and oxygen atoms in total. The molecule has 0 aliphatic rings. The second kappa shape index (κ2) is 5.37. The number of hydrogen-bond acceptors (Lipinski definition) is 6. The van der Waals surface area contributed by atoms with Gasteiger partial charge in [-0.3, -0.25) is 0 Å². The van der Waals surface area contributed by atoms with Crippen molar-refractivity contribution in [3.05, 3.63) is 0 Å². The fraction of sp³-hybridized carbons (Fsp3) is 0.750. The SMILES string of the molecule is CCOc1nc(N)nc(N(C)C(C)C(C)(C)C)n1. The Bertz CT molecular complexity index is 402. The molecule has 1 aromatic rings. The van der Waals surface area contributed by atoms with Gasteiger partial charge in [0, 0.05) is 13.1 Å². The fourth-order valence-corrected chi connectivity index (χ4v) is 1.47. The molecule has 0 amide bonds. The van der Waals surface area contributed by atoms with Crippen LogP contribution in [0, 0.1) is 5.41 Å². The van der Waals surface area contributed by atoms with Gasteiger partial charge in [0.15, 0.2) is 0 Å². The van der Waals surface area contributed by atoms with E-state index in [2.05, 4.69) is 42.6 Å². The zero-order valence-electron chi connectivity index (χ0n) is 12.1. The molecule has 0 bridgehead atoms. The maximum absolute atomic E-state index is 5.67. The molecule has 0 spiro atoms. The van der Waals surface area contributed by atoms with E-state index in [0.29, 0.717) is 12.6 Å². The lowest BCUT2D eigenvalue weighted by atomic mass is 9.87. The van der Waals surface area contributed by atoms with Gasteiger partial charge in [0.2, 0.25) is 11.9 Å². The van der Waals surface area contributed by atoms with Gasteiger partial charge in [-0.1, -0.05) is 20.8 Å². The third-order valence-electron chi connectivity index (χ3n) is 3.04. The summed E-state index contributed by atoms with van der Waals surface area (Å²) in [7, 11) is 1.94. The minimum atomic E-state index is 0.113. The van der Waals surface area contributed by atoms with E-state index < -0.39 is 0 Å². The van der Waals surface area contributed by atoms with E-state index in [1.807, 2.05) is 18.9 Å². The molecule has 1 unspecified atom stereocenters. The van der Waals surface area contributed by atoms with Crippen molar-refractivity contribution in [3.8, 4) is 6.01 Å². The summed E-state index contributed by atoms with van der Waals surface area (Å²) in [5.74, 6) is 0.713. The van der Waals surface area contributed by atoms with Crippen molar-refractivity contribution in [3.63, 3.8) is 0 Å². The van der Waals surface area contributed by atoms with E-state index in [9.17, 15) is 0 Å². The van der Waals surface area contributed by atoms with Gasteiger partial charge in [0.1, 0.15) is 0 Å². The number of rotatable bonds is 4. The molecule has 1 aromatic heterocycles. The first-order valence-corrected chi connectivity index (χ1v) is 6.13. The van der Waals surface area contributed by atoms with Gasteiger partial charge in [-0.2, -0.15) is 15.0 Å². The van der Waals surface area contributed by atoms with Crippen LogP contribution in [0.25, 0.3) is 0 Å². The smallest absolute Gasteiger partial charge is 0.323 e. The van der Waals surface area contributed by atoms with Crippen LogP contribution in [0.4, 0.5) is 11.9 Å². The number of nitrogen functional groups attached to an aromatic ring is 1. The zero-order chi connectivity index (χ0) is 13.9. The lowest BCUT2D eigenvalue weighted by Gasteiger charge is -2.35. The van der Waals surface area contributed by atoms with Crippen LogP contribution in [-0.4, -0.2) is 34.6 Å². The van der Waals surface area contributed by atoms with Crippen LogP contribution in [0.5, 0.6) is 6.01 Å². The maximum atomic E-state index is 5.67. The Labute approximate surface area is 109 Å². The molecular formula is C12H23N5O. The molecule has 6 heteroatoms. The Morgan fingerprint density at radius 2 is 1.89 bits per heavy atom. The van der Waals surface area contributed by atoms with E-state index in [4.69, 9.17) is 10.5 Å². The lowest BCUT2D eigenvalue weighted by Crippen LogP contribution is -2.40. The number of nitrogens with zero attached hydrogens (tertiary/aromatic N) is 4. The van der Waals surface area contributed by atoms with Crippen LogP contribution < -0.4 is 15.4 Å². The average molecular weight is 253 g/mol. The van der Waals surface area contributed by atoms with Crippen molar-refractivity contribution in [2.24, 2.45) is 5.41 Å². The topological polar surface area (TPSA) is 77.2 Å². The molecule has 0 saturated heterocycles. The van der Waals surface area contributed by atoms with Gasteiger partial charge in [0.25, 0.3) is 0 Å². The minimum absolute atomic E-state index is 0.113. The standard InChI is InChI=1S/C12H23N5O/c1-7-18-11-15-9(13)14-10(16-11)17(6)8(2)12(3,4)5/h8H,7H2,1-6H3,(H2,13,14,15,16). The summed E-state index contributed by atoms with van der Waals surface area (Å²) < 4.78 is 5.27. The molecule has 18 heavy (non-hydrogen) atoms. The summed E-state index contributed by atoms with van der Waals surface area (Å²) >= 11 is 0. The lowest BCUT2D eigenvalue weighted by molar-refractivity contribution is 0.307. The van der Waals surface area contributed by atoms with Gasteiger partial charge < -0.3 is 15.4 Å². The van der Waals surface area contributed by atoms with Gasteiger partial charge in [-0.15, -0.1) is 0 Å². The normalized spacial score (nSPS) is 13.2. The first-order chi connectivity index (χ1) is 8.25. The molecule has 1 atom stereocenters. The van der Waals surface area contributed by atoms with Crippen molar-refractivity contribution in [2.45, 2.75) is 40.7 Å². The molecule has 0 aromatic carbocycles. The van der Waals surface area contributed by atoms with Crippen LogP contribution >= 0.6 is 0 Å². The molecule has 102 valence electrons. The number of anilines is 2. The Hall–Kier alpha value is -1.59. The highest BCUT2D eigenvalue weighted by molar-refractivity contribution is 5.36. The zero-order valence-corrected chi connectivity index (χ0v) is 12.1. The van der Waals surface area contributed by atoms with Gasteiger partial charge in [-0.25, -0.2) is 0 Å². The molecule has 0 fully saturated rings. The number of hydrogen-bond donors (Lipinski definition) is 1. The van der Waals surface area contributed by atoms with Crippen LogP contribution in [-0.2, 0) is 0 Å². The van der Waals surface area contributed by atoms with Crippen molar-refractivity contribution in [1.82, 2.24) is 15.0 Å². The molecule has 0 radical (unpaired) electrons. The van der Waals surface area contributed by atoms with Crippen LogP contribution in [0.3, 0.4) is 0 Å². The third kappa shape index (κ3) is 3.45. The molecular weight excluding hydrogens is 230 g/mol. The molecule has 0 aliphatic heterocycles. The highest BCUT2D eigenvalue weighted by atomic mass is 16.5. The Kier molecular flexibility index (Phi) is 4.32. The predicted octanol–water partition coefficient (Wildman–Crippen LogP) is 1.72. The number of aromatic nitrogens is 3. The van der Waals surface area contributed by atoms with Crippen molar-refractivity contribution in [1.29, 1.82) is 0 Å². The molecule has 1 rings (SSSR count). The molecule has 1 heterocycles. The Morgan fingerprint density at radius 3 is 2.39 bits per heavy atom. The van der Waals surface area contributed by atoms with Crippen molar-refractivity contribution in [2.75, 3.05) is 24.3 Å². The van der Waals surface area contributed by atoms with Gasteiger partial charge >= 0.3 is 6.01 Å². The average Bonchev–Trinajstić information content (AvgIpc) is 2.25. The van der Waals surface area contributed by atoms with Crippen LogP contribution in [0.2, 0.25) is 0 Å².